The first-order valence-electron chi connectivity index (χ1n) is 8.79. The number of rotatable bonds is 5. The molecule has 2 heterocycles. The highest BCUT2D eigenvalue weighted by Crippen LogP contribution is 2.29. The summed E-state index contributed by atoms with van der Waals surface area (Å²) in [5.74, 6) is 0. The predicted molar refractivity (Wildman–Crippen MR) is 91.4 cm³/mol. The van der Waals surface area contributed by atoms with E-state index in [1.165, 1.54) is 16.4 Å². The van der Waals surface area contributed by atoms with Crippen molar-refractivity contribution in [3.05, 3.63) is 53.3 Å². The van der Waals surface area contributed by atoms with Crippen LogP contribution in [0.3, 0.4) is 0 Å². The lowest BCUT2D eigenvalue weighted by Crippen LogP contribution is -2.35. The van der Waals surface area contributed by atoms with Gasteiger partial charge in [0.15, 0.2) is 5.69 Å². The molecular weight excluding hydrogens is 341 g/mol. The molecule has 1 aliphatic rings. The van der Waals surface area contributed by atoms with Gasteiger partial charge >= 0.3 is 6.18 Å². The number of alkyl halides is 3. The minimum atomic E-state index is -4.38. The number of hydrogen-bond acceptors (Lipinski definition) is 3. The first-order valence-corrected chi connectivity index (χ1v) is 8.79. The summed E-state index contributed by atoms with van der Waals surface area (Å²) >= 11 is 0. The number of hydrogen-bond donors (Lipinski definition) is 0. The molecule has 7 heteroatoms. The van der Waals surface area contributed by atoms with Crippen molar-refractivity contribution in [1.29, 1.82) is 5.26 Å². The van der Waals surface area contributed by atoms with Crippen LogP contribution in [-0.2, 0) is 12.6 Å². The molecule has 3 rings (SSSR count). The Bertz CT molecular complexity index is 750. The van der Waals surface area contributed by atoms with Crippen LogP contribution in [0.4, 0.5) is 13.2 Å². The normalized spacial score (nSPS) is 16.5. The van der Waals surface area contributed by atoms with Crippen molar-refractivity contribution in [1.82, 2.24) is 14.7 Å². The maximum absolute atomic E-state index is 12.7. The van der Waals surface area contributed by atoms with Gasteiger partial charge in [-0.05, 0) is 56.0 Å². The van der Waals surface area contributed by atoms with Crippen molar-refractivity contribution in [2.75, 3.05) is 19.6 Å². The van der Waals surface area contributed by atoms with Crippen molar-refractivity contribution in [3.8, 4) is 6.07 Å². The average Bonchev–Trinajstić information content (AvgIpc) is 3.13. The number of nitrogens with zero attached hydrogens (tertiary/aromatic N) is 4. The minimum Gasteiger partial charge on any atom is -0.303 e. The first kappa shape index (κ1) is 18.5. The van der Waals surface area contributed by atoms with Crippen LogP contribution >= 0.6 is 0 Å². The molecule has 0 amide bonds. The van der Waals surface area contributed by atoms with E-state index in [4.69, 9.17) is 5.26 Å². The van der Waals surface area contributed by atoms with Crippen molar-refractivity contribution in [2.24, 2.45) is 0 Å². The summed E-state index contributed by atoms with van der Waals surface area (Å²) in [4.78, 5) is 2.36. The van der Waals surface area contributed by atoms with Crippen molar-refractivity contribution in [2.45, 2.75) is 37.9 Å². The summed E-state index contributed by atoms with van der Waals surface area (Å²) in [5.41, 5.74) is 1.07. The summed E-state index contributed by atoms with van der Waals surface area (Å²) < 4.78 is 39.4. The van der Waals surface area contributed by atoms with Gasteiger partial charge in [-0.25, -0.2) is 0 Å². The summed E-state index contributed by atoms with van der Waals surface area (Å²) in [7, 11) is 0. The Labute approximate surface area is 150 Å². The van der Waals surface area contributed by atoms with E-state index >= 15 is 0 Å². The summed E-state index contributed by atoms with van der Waals surface area (Å²) in [6.07, 6.45) is 0.674. The molecule has 1 aromatic carbocycles. The van der Waals surface area contributed by atoms with E-state index in [2.05, 4.69) is 16.1 Å². The second-order valence-electron chi connectivity index (χ2n) is 6.66. The smallest absolute Gasteiger partial charge is 0.303 e. The Hall–Kier alpha value is -2.33. The number of nitriles is 1. The lowest BCUT2D eigenvalue weighted by atomic mass is 10.0. The van der Waals surface area contributed by atoms with Gasteiger partial charge < -0.3 is 4.90 Å². The Balaban J connectivity index is 1.42. The molecule has 0 spiro atoms. The number of benzene rings is 1. The molecule has 1 aromatic heterocycles. The molecule has 0 N–H and O–H groups in total. The fraction of sp³-hybridized carbons (Fsp3) is 0.474. The zero-order chi connectivity index (χ0) is 18.6. The van der Waals surface area contributed by atoms with Gasteiger partial charge in [0.05, 0.1) is 17.7 Å². The minimum absolute atomic E-state index is 0.0425. The van der Waals surface area contributed by atoms with E-state index in [-0.39, 0.29) is 6.04 Å². The highest BCUT2D eigenvalue weighted by molar-refractivity contribution is 5.31. The lowest BCUT2D eigenvalue weighted by Gasteiger charge is -2.32. The van der Waals surface area contributed by atoms with Crippen LogP contribution in [0, 0.1) is 11.3 Å². The molecule has 138 valence electrons. The molecule has 0 bridgehead atoms. The average molecular weight is 362 g/mol. The van der Waals surface area contributed by atoms with Crippen LogP contribution in [0.25, 0.3) is 0 Å². The van der Waals surface area contributed by atoms with Crippen molar-refractivity contribution >= 4 is 0 Å². The van der Waals surface area contributed by atoms with Crippen LogP contribution in [0.15, 0.2) is 36.5 Å². The molecule has 0 unspecified atom stereocenters. The summed E-state index contributed by atoms with van der Waals surface area (Å²) in [6, 6.07) is 10.8. The van der Waals surface area contributed by atoms with E-state index in [1.807, 2.05) is 24.3 Å². The van der Waals surface area contributed by atoms with Gasteiger partial charge in [0, 0.05) is 19.3 Å². The Kier molecular flexibility index (Phi) is 5.62. The largest absolute Gasteiger partial charge is 0.435 e. The van der Waals surface area contributed by atoms with Gasteiger partial charge in [0.1, 0.15) is 0 Å². The van der Waals surface area contributed by atoms with Gasteiger partial charge in [-0.1, -0.05) is 12.1 Å². The van der Waals surface area contributed by atoms with Crippen LogP contribution in [0.1, 0.15) is 42.1 Å². The van der Waals surface area contributed by atoms with Gasteiger partial charge in [0.25, 0.3) is 0 Å². The van der Waals surface area contributed by atoms with Gasteiger partial charge in [-0.15, -0.1) is 0 Å². The number of aryl methyl sites for hydroxylation is 1. The third kappa shape index (κ3) is 4.64. The van der Waals surface area contributed by atoms with E-state index in [0.29, 0.717) is 5.56 Å². The predicted octanol–water partition coefficient (Wildman–Crippen LogP) is 4.04. The third-order valence-electron chi connectivity index (χ3n) is 4.85. The third-order valence-corrected chi connectivity index (χ3v) is 4.85. The molecule has 26 heavy (non-hydrogen) atoms. The summed E-state index contributed by atoms with van der Waals surface area (Å²) in [5, 5.41) is 12.5. The topological polar surface area (TPSA) is 44.9 Å². The standard InChI is InChI=1S/C19H21F3N4/c20-19(21,22)18-9-13-26(24-18)17-7-11-25(12-8-17)10-1-2-15-3-5-16(14-23)6-4-15/h3-6,9,13,17H,1-2,7-8,10-12H2. The Morgan fingerprint density at radius 3 is 2.38 bits per heavy atom. The number of likely N-dealkylation sites (tertiary alicyclic amines) is 1. The molecule has 0 saturated carbocycles. The fourth-order valence-corrected chi connectivity index (χ4v) is 3.35. The molecule has 1 fully saturated rings. The maximum Gasteiger partial charge on any atom is 0.435 e. The molecule has 0 atom stereocenters. The molecule has 0 radical (unpaired) electrons. The van der Waals surface area contributed by atoms with Crippen LogP contribution in [-0.4, -0.2) is 34.3 Å². The molecule has 1 aliphatic heterocycles. The Morgan fingerprint density at radius 1 is 1.12 bits per heavy atom. The zero-order valence-corrected chi connectivity index (χ0v) is 14.4. The highest BCUT2D eigenvalue weighted by atomic mass is 19.4. The second kappa shape index (κ2) is 7.92. The molecule has 1 saturated heterocycles. The zero-order valence-electron chi connectivity index (χ0n) is 14.4. The second-order valence-corrected chi connectivity index (χ2v) is 6.66. The van der Waals surface area contributed by atoms with Crippen LogP contribution in [0.2, 0.25) is 0 Å². The quantitative estimate of drug-likeness (QED) is 0.806. The lowest BCUT2D eigenvalue weighted by molar-refractivity contribution is -0.141. The van der Waals surface area contributed by atoms with Gasteiger partial charge in [-0.2, -0.15) is 23.5 Å². The fourth-order valence-electron chi connectivity index (χ4n) is 3.35. The SMILES string of the molecule is N#Cc1ccc(CCCN2CCC(n3ccc(C(F)(F)F)n3)CC2)cc1. The van der Waals surface area contributed by atoms with E-state index in [1.54, 1.807) is 0 Å². The van der Waals surface area contributed by atoms with Gasteiger partial charge in [0.2, 0.25) is 0 Å². The van der Waals surface area contributed by atoms with Crippen molar-refractivity contribution < 1.29 is 13.2 Å². The van der Waals surface area contributed by atoms with Gasteiger partial charge in [-0.3, -0.25) is 4.68 Å². The number of halogens is 3. The first-order chi connectivity index (χ1) is 12.5. The summed E-state index contributed by atoms with van der Waals surface area (Å²) in [6.45, 7) is 2.72. The van der Waals surface area contributed by atoms with E-state index in [9.17, 15) is 13.2 Å². The number of piperidine rings is 1. The Morgan fingerprint density at radius 2 is 1.81 bits per heavy atom. The molecule has 2 aromatic rings. The van der Waals surface area contributed by atoms with Crippen LogP contribution < -0.4 is 0 Å². The molecular formula is C19H21F3N4. The van der Waals surface area contributed by atoms with Crippen LogP contribution in [0.5, 0.6) is 0 Å². The van der Waals surface area contributed by atoms with E-state index in [0.717, 1.165) is 51.4 Å². The van der Waals surface area contributed by atoms with E-state index < -0.39 is 11.9 Å². The highest BCUT2D eigenvalue weighted by Gasteiger charge is 2.34. The number of aromatic nitrogens is 2. The molecule has 0 aliphatic carbocycles. The molecule has 4 nitrogen and oxygen atoms in total. The van der Waals surface area contributed by atoms with Crippen molar-refractivity contribution in [3.63, 3.8) is 0 Å². The maximum atomic E-state index is 12.7. The monoisotopic (exact) mass is 362 g/mol.